The predicted octanol–water partition coefficient (Wildman–Crippen LogP) is 5.62. The van der Waals surface area contributed by atoms with Gasteiger partial charge in [-0.1, -0.05) is 70.0 Å². The Morgan fingerprint density at radius 2 is 1.48 bits per heavy atom. The molecular weight excluding hydrogens is 440 g/mol. The Morgan fingerprint density at radius 3 is 2.09 bits per heavy atom. The lowest BCUT2D eigenvalue weighted by Crippen LogP contribution is -2.61. The lowest BCUT2D eigenvalue weighted by atomic mass is 9.99. The van der Waals surface area contributed by atoms with Crippen LogP contribution < -0.4 is 0 Å². The van der Waals surface area contributed by atoms with Gasteiger partial charge in [0, 0.05) is 31.6 Å². The Hall–Kier alpha value is -1.12. The van der Waals surface area contributed by atoms with Crippen molar-refractivity contribution in [3.63, 3.8) is 0 Å². The number of rotatable bonds is 16. The highest BCUT2D eigenvalue weighted by Gasteiger charge is 2.49. The minimum Gasteiger partial charge on any atom is -0.456 e. The summed E-state index contributed by atoms with van der Waals surface area (Å²) >= 11 is 1.54. The van der Waals surface area contributed by atoms with Crippen LogP contribution in [-0.4, -0.2) is 62.2 Å². The number of ether oxygens (including phenoxy) is 5. The highest BCUT2D eigenvalue weighted by atomic mass is 32.2. The summed E-state index contributed by atoms with van der Waals surface area (Å²) in [6.07, 6.45) is 4.33. The summed E-state index contributed by atoms with van der Waals surface area (Å²) in [5.74, 6) is -0.351. The maximum absolute atomic E-state index is 12.1. The molecule has 0 amide bonds. The van der Waals surface area contributed by atoms with Crippen LogP contribution in [0.5, 0.6) is 0 Å². The van der Waals surface area contributed by atoms with Gasteiger partial charge in [0.1, 0.15) is 23.7 Å². The molecule has 1 aliphatic heterocycles. The van der Waals surface area contributed by atoms with E-state index in [0.717, 1.165) is 43.4 Å². The molecule has 1 saturated heterocycles. The van der Waals surface area contributed by atoms with Crippen molar-refractivity contribution < 1.29 is 28.5 Å². The monoisotopic (exact) mass is 482 g/mol. The smallest absolute Gasteiger partial charge is 0.303 e. The summed E-state index contributed by atoms with van der Waals surface area (Å²) in [5.41, 5.74) is -0.422. The maximum Gasteiger partial charge on any atom is 0.303 e. The molecule has 0 radical (unpaired) electrons. The maximum atomic E-state index is 12.1. The normalized spacial score (nSPS) is 25.2. The second-order valence-electron chi connectivity index (χ2n) is 8.35. The van der Waals surface area contributed by atoms with Crippen molar-refractivity contribution in [1.82, 2.24) is 0 Å². The van der Waals surface area contributed by atoms with E-state index in [0.29, 0.717) is 26.4 Å². The van der Waals surface area contributed by atoms with E-state index >= 15 is 0 Å². The highest BCUT2D eigenvalue weighted by Crippen LogP contribution is 2.37. The number of hydrogen-bond acceptors (Lipinski definition) is 7. The van der Waals surface area contributed by atoms with E-state index < -0.39 is 17.6 Å². The largest absolute Gasteiger partial charge is 0.456 e. The fraction of sp³-hybridized carbons (Fsp3) is 0.731. The van der Waals surface area contributed by atoms with Gasteiger partial charge in [-0.3, -0.25) is 4.79 Å². The molecule has 1 aromatic rings. The second kappa shape index (κ2) is 16.5. The Morgan fingerprint density at radius 1 is 0.879 bits per heavy atom. The predicted molar refractivity (Wildman–Crippen MR) is 132 cm³/mol. The molecule has 1 fully saturated rings. The van der Waals surface area contributed by atoms with Gasteiger partial charge >= 0.3 is 5.97 Å². The molecule has 2 rings (SSSR count). The number of carbonyl (C=O) groups is 1. The lowest BCUT2D eigenvalue weighted by molar-refractivity contribution is -0.244. The molecule has 33 heavy (non-hydrogen) atoms. The summed E-state index contributed by atoms with van der Waals surface area (Å²) in [6, 6.07) is 10.0. The van der Waals surface area contributed by atoms with Crippen molar-refractivity contribution in [2.45, 2.75) is 101 Å². The summed E-state index contributed by atoms with van der Waals surface area (Å²) in [5, 5.41) is 0. The van der Waals surface area contributed by atoms with Crippen LogP contribution in [-0.2, 0) is 28.5 Å². The first kappa shape index (κ1) is 28.1. The lowest BCUT2D eigenvalue weighted by Gasteiger charge is -2.45. The van der Waals surface area contributed by atoms with Gasteiger partial charge in [-0.05, 0) is 31.4 Å². The van der Waals surface area contributed by atoms with Gasteiger partial charge in [-0.25, -0.2) is 0 Å². The van der Waals surface area contributed by atoms with Crippen LogP contribution in [0.25, 0.3) is 0 Å². The van der Waals surface area contributed by atoms with Crippen LogP contribution in [0.2, 0.25) is 0 Å². The number of unbranched alkanes of at least 4 members (excludes halogenated alkanes) is 3. The molecule has 188 valence electrons. The standard InChI is InChI=1S/C26H42O6S/c1-5-8-16-28-19-22-23(29-17-9-6-2)24(30-18-10-7-3)25(31-20(4)27)26(32-22)33-21-14-12-11-13-15-21/h11-15,22-26H,5-10,16-19H2,1-4H3. The molecule has 1 aliphatic rings. The van der Waals surface area contributed by atoms with Crippen molar-refractivity contribution in [2.75, 3.05) is 26.4 Å². The number of esters is 1. The molecule has 5 unspecified atom stereocenters. The fourth-order valence-electron chi connectivity index (χ4n) is 3.62. The van der Waals surface area contributed by atoms with Gasteiger partial charge in [0.25, 0.3) is 0 Å². The van der Waals surface area contributed by atoms with Gasteiger partial charge in [0.2, 0.25) is 0 Å². The van der Waals surface area contributed by atoms with Gasteiger partial charge in [-0.15, -0.1) is 0 Å². The second-order valence-corrected chi connectivity index (χ2v) is 9.53. The van der Waals surface area contributed by atoms with E-state index in [9.17, 15) is 4.79 Å². The van der Waals surface area contributed by atoms with E-state index in [-0.39, 0.29) is 18.2 Å². The topological polar surface area (TPSA) is 63.2 Å². The molecule has 5 atom stereocenters. The molecule has 0 aliphatic carbocycles. The first-order valence-corrected chi connectivity index (χ1v) is 13.3. The zero-order valence-electron chi connectivity index (χ0n) is 20.7. The van der Waals surface area contributed by atoms with E-state index in [2.05, 4.69) is 20.8 Å². The molecule has 7 heteroatoms. The van der Waals surface area contributed by atoms with Crippen LogP contribution in [0.3, 0.4) is 0 Å². The minimum absolute atomic E-state index is 0.307. The average molecular weight is 483 g/mol. The van der Waals surface area contributed by atoms with Crippen molar-refractivity contribution in [3.05, 3.63) is 30.3 Å². The average Bonchev–Trinajstić information content (AvgIpc) is 2.80. The van der Waals surface area contributed by atoms with Crippen LogP contribution in [0.1, 0.15) is 66.2 Å². The molecule has 0 N–H and O–H groups in total. The molecule has 6 nitrogen and oxygen atoms in total. The number of benzene rings is 1. The van der Waals surface area contributed by atoms with E-state index in [4.69, 9.17) is 23.7 Å². The molecule has 0 saturated carbocycles. The van der Waals surface area contributed by atoms with E-state index in [1.807, 2.05) is 30.3 Å². The Labute approximate surface area is 204 Å². The third-order valence-electron chi connectivity index (χ3n) is 5.43. The highest BCUT2D eigenvalue weighted by molar-refractivity contribution is 7.99. The minimum atomic E-state index is -0.580. The SMILES string of the molecule is CCCCOCC1OC(Sc2ccccc2)C(OC(C)=O)C(OCCCC)C1OCCCC. The first-order valence-electron chi connectivity index (χ1n) is 12.5. The summed E-state index contributed by atoms with van der Waals surface area (Å²) in [6.45, 7) is 10.1. The first-order chi connectivity index (χ1) is 16.1. The van der Waals surface area contributed by atoms with Gasteiger partial charge in [0.05, 0.1) is 6.61 Å². The van der Waals surface area contributed by atoms with Crippen LogP contribution >= 0.6 is 11.8 Å². The fourth-order valence-corrected chi connectivity index (χ4v) is 4.75. The van der Waals surface area contributed by atoms with Crippen molar-refractivity contribution >= 4 is 17.7 Å². The van der Waals surface area contributed by atoms with Crippen molar-refractivity contribution in [3.8, 4) is 0 Å². The molecule has 1 aromatic carbocycles. The summed E-state index contributed by atoms with van der Waals surface area (Å²) in [4.78, 5) is 13.1. The molecule has 1 heterocycles. The Bertz CT molecular complexity index is 643. The summed E-state index contributed by atoms with van der Waals surface area (Å²) < 4.78 is 31.0. The number of thioether (sulfide) groups is 1. The zero-order valence-corrected chi connectivity index (χ0v) is 21.5. The van der Waals surface area contributed by atoms with Crippen LogP contribution in [0.4, 0.5) is 0 Å². The Kier molecular flexibility index (Phi) is 14.1. The van der Waals surface area contributed by atoms with Gasteiger partial charge < -0.3 is 23.7 Å². The van der Waals surface area contributed by atoms with Crippen LogP contribution in [0, 0.1) is 0 Å². The number of hydrogen-bond donors (Lipinski definition) is 0. The van der Waals surface area contributed by atoms with E-state index in [1.54, 1.807) is 11.8 Å². The van der Waals surface area contributed by atoms with Gasteiger partial charge in [-0.2, -0.15) is 0 Å². The molecule has 0 spiro atoms. The van der Waals surface area contributed by atoms with Gasteiger partial charge in [0.15, 0.2) is 6.10 Å². The number of carbonyl (C=O) groups excluding carboxylic acids is 1. The Balaban J connectivity index is 2.29. The zero-order chi connectivity index (χ0) is 23.9. The molecule has 0 aromatic heterocycles. The van der Waals surface area contributed by atoms with Crippen molar-refractivity contribution in [2.24, 2.45) is 0 Å². The molecule has 0 bridgehead atoms. The van der Waals surface area contributed by atoms with Crippen LogP contribution in [0.15, 0.2) is 35.2 Å². The third kappa shape index (κ3) is 9.95. The van der Waals surface area contributed by atoms with E-state index in [1.165, 1.54) is 6.92 Å². The summed E-state index contributed by atoms with van der Waals surface area (Å²) in [7, 11) is 0. The van der Waals surface area contributed by atoms with Crippen molar-refractivity contribution in [1.29, 1.82) is 0 Å². The quantitative estimate of drug-likeness (QED) is 0.224. The third-order valence-corrected chi connectivity index (χ3v) is 6.59. The molecular formula is C26H42O6S.